The number of anilines is 7. The van der Waals surface area contributed by atoms with Crippen molar-refractivity contribution >= 4 is 39.8 Å². The van der Waals surface area contributed by atoms with Crippen LogP contribution in [0.1, 0.15) is 80.9 Å². The molecule has 0 spiro atoms. The van der Waals surface area contributed by atoms with Crippen molar-refractivity contribution in [3.8, 4) is 0 Å². The summed E-state index contributed by atoms with van der Waals surface area (Å²) in [7, 11) is 0. The summed E-state index contributed by atoms with van der Waals surface area (Å²) < 4.78 is 442. The fourth-order valence-electron chi connectivity index (χ4n) is 9.23. The van der Waals surface area contributed by atoms with Crippen LogP contribution in [0.25, 0.3) is 0 Å². The second kappa shape index (κ2) is 20.4. The van der Waals surface area contributed by atoms with Crippen LogP contribution < -0.4 is 14.7 Å². The zero-order chi connectivity index (χ0) is 57.8. The second-order valence-corrected chi connectivity index (χ2v) is 17.0. The van der Waals surface area contributed by atoms with Crippen LogP contribution in [0.3, 0.4) is 0 Å². The number of rotatable bonds is 9. The highest BCUT2D eigenvalue weighted by atomic mass is 19.4. The van der Waals surface area contributed by atoms with Gasteiger partial charge in [0.25, 0.3) is 0 Å². The SMILES string of the molecule is Fc1c(F)c(N(c2c(F)c(F)c(C(F)(F)F)c(F)c2F)C2CCCCC2)c(F)c(F)c1N(c1c(F)c(F)c(N(c2c(F)c(F)c(C(F)(F)F)c(F)c2F)C2CCCCC2)c(F)c1F)c1c(F)c(F)c(C(F)(F)F)c(F)c1F. The lowest BCUT2D eigenvalue weighted by atomic mass is 9.92. The maximum atomic E-state index is 16.9. The molecule has 0 amide bonds. The summed E-state index contributed by atoms with van der Waals surface area (Å²) in [5.74, 6) is -70.3. The molecule has 0 aromatic heterocycles. The first-order valence-corrected chi connectivity index (χ1v) is 21.4. The lowest BCUT2D eigenvalue weighted by Gasteiger charge is -2.38. The Morgan fingerprint density at radius 2 is 0.377 bits per heavy atom. The van der Waals surface area contributed by atoms with Gasteiger partial charge in [-0.05, 0) is 25.7 Å². The smallest absolute Gasteiger partial charge is 0.328 e. The van der Waals surface area contributed by atoms with Gasteiger partial charge in [0.15, 0.2) is 116 Å². The van der Waals surface area contributed by atoms with Crippen molar-refractivity contribution in [3.63, 3.8) is 0 Å². The third-order valence-electron chi connectivity index (χ3n) is 12.5. The first-order valence-electron chi connectivity index (χ1n) is 21.4. The first kappa shape index (κ1) is 58.2. The zero-order valence-electron chi connectivity index (χ0n) is 37.0. The van der Waals surface area contributed by atoms with E-state index in [1.807, 2.05) is 0 Å². The number of alkyl halides is 9. The van der Waals surface area contributed by atoms with Crippen LogP contribution in [0.15, 0.2) is 0 Å². The molecule has 3 nitrogen and oxygen atoms in total. The quantitative estimate of drug-likeness (QED) is 0.108. The molecular weight excluding hydrogens is 1130 g/mol. The lowest BCUT2D eigenvalue weighted by Crippen LogP contribution is -2.37. The Kier molecular flexibility index (Phi) is 15.4. The molecule has 2 saturated carbocycles. The van der Waals surface area contributed by atoms with Crippen LogP contribution in [-0.2, 0) is 18.5 Å². The summed E-state index contributed by atoms with van der Waals surface area (Å²) in [6.07, 6.45) is -23.2. The molecular formula is C45H22F29N3. The van der Waals surface area contributed by atoms with E-state index in [0.717, 1.165) is 0 Å². The van der Waals surface area contributed by atoms with Crippen molar-refractivity contribution in [2.75, 3.05) is 14.7 Å². The van der Waals surface area contributed by atoms with E-state index in [2.05, 4.69) is 0 Å². The van der Waals surface area contributed by atoms with Crippen LogP contribution in [0, 0.1) is 116 Å². The Hall–Kier alpha value is -6.53. The van der Waals surface area contributed by atoms with Gasteiger partial charge in [0, 0.05) is 12.1 Å². The minimum atomic E-state index is -6.61. The van der Waals surface area contributed by atoms with Gasteiger partial charge in [0.05, 0.1) is 0 Å². The van der Waals surface area contributed by atoms with Crippen molar-refractivity contribution in [1.29, 1.82) is 0 Å². The number of benzene rings is 5. The predicted molar refractivity (Wildman–Crippen MR) is 206 cm³/mol. The van der Waals surface area contributed by atoms with E-state index in [1.165, 1.54) is 0 Å². The summed E-state index contributed by atoms with van der Waals surface area (Å²) in [5, 5.41) is 0. The second-order valence-electron chi connectivity index (χ2n) is 17.0. The van der Waals surface area contributed by atoms with Crippen LogP contribution >= 0.6 is 0 Å². The van der Waals surface area contributed by atoms with Gasteiger partial charge in [-0.15, -0.1) is 0 Å². The van der Waals surface area contributed by atoms with E-state index in [-0.39, 0.29) is 38.5 Å². The van der Waals surface area contributed by atoms with E-state index in [1.54, 1.807) is 0 Å². The molecule has 5 aromatic carbocycles. The van der Waals surface area contributed by atoms with Crippen molar-refractivity contribution in [3.05, 3.63) is 133 Å². The molecule has 420 valence electrons. The molecule has 77 heavy (non-hydrogen) atoms. The van der Waals surface area contributed by atoms with Gasteiger partial charge in [0.1, 0.15) is 56.5 Å². The molecule has 2 fully saturated rings. The molecule has 0 heterocycles. The third-order valence-corrected chi connectivity index (χ3v) is 12.5. The average molecular weight is 1160 g/mol. The number of hydrogen-bond acceptors (Lipinski definition) is 3. The lowest BCUT2D eigenvalue weighted by molar-refractivity contribution is -0.144. The maximum Gasteiger partial charge on any atom is 0.422 e. The standard InChI is InChI=1S/C45H22F29N3/c46-16-13(43(66,67)68)17(47)23(53)36(22(16)52)75(11-7-3-1-4-8-11)38-28(58)32(62)41(33(63)29(38)59)77(40-26(56)20(50)15(45(72,73)74)21(51)27(40)57)42-34(64)30(60)39(31(61)35(42)65)76(12-9-5-2-6-10-12)37-24(54)18(48)14(44(69,70)71)19(49)25(37)55/h11-12H,1-10H2. The molecule has 7 rings (SSSR count). The van der Waals surface area contributed by atoms with Gasteiger partial charge >= 0.3 is 18.5 Å². The molecule has 0 atom stereocenters. The molecule has 5 aromatic rings. The van der Waals surface area contributed by atoms with E-state index in [9.17, 15) is 39.5 Å². The summed E-state index contributed by atoms with van der Waals surface area (Å²) in [6, 6.07) is -4.33. The minimum Gasteiger partial charge on any atom is -0.328 e. The summed E-state index contributed by atoms with van der Waals surface area (Å²) >= 11 is 0. The highest BCUT2D eigenvalue weighted by Gasteiger charge is 2.50. The van der Waals surface area contributed by atoms with Crippen LogP contribution in [0.2, 0.25) is 0 Å². The van der Waals surface area contributed by atoms with E-state index in [0.29, 0.717) is 0 Å². The van der Waals surface area contributed by atoms with Gasteiger partial charge in [-0.1, -0.05) is 38.5 Å². The summed E-state index contributed by atoms with van der Waals surface area (Å²) in [6.45, 7) is 0. The topological polar surface area (TPSA) is 9.72 Å². The Morgan fingerprint density at radius 1 is 0.221 bits per heavy atom. The highest BCUT2D eigenvalue weighted by Crippen LogP contribution is 2.54. The number of halogens is 29. The van der Waals surface area contributed by atoms with Crippen LogP contribution in [0.4, 0.5) is 167 Å². The predicted octanol–water partition coefficient (Wildman–Crippen LogP) is 17.9. The molecule has 0 N–H and O–H groups in total. The highest BCUT2D eigenvalue weighted by molar-refractivity contribution is 5.83. The molecule has 0 aliphatic heterocycles. The van der Waals surface area contributed by atoms with E-state index >= 15 is 87.8 Å². The molecule has 0 unspecified atom stereocenters. The van der Waals surface area contributed by atoms with E-state index in [4.69, 9.17) is 0 Å². The van der Waals surface area contributed by atoms with Gasteiger partial charge in [-0.25, -0.2) is 87.8 Å². The first-order chi connectivity index (χ1) is 35.5. The molecule has 2 aliphatic carbocycles. The van der Waals surface area contributed by atoms with Crippen LogP contribution in [-0.4, -0.2) is 12.1 Å². The number of hydrogen-bond donors (Lipinski definition) is 0. The van der Waals surface area contributed by atoms with Crippen molar-refractivity contribution in [2.45, 2.75) is 94.8 Å². The third kappa shape index (κ3) is 9.39. The Bertz CT molecular complexity index is 2890. The fourth-order valence-corrected chi connectivity index (χ4v) is 9.23. The minimum absolute atomic E-state index is 0.0629. The molecule has 0 saturated heterocycles. The molecule has 0 radical (unpaired) electrons. The van der Waals surface area contributed by atoms with Crippen molar-refractivity contribution < 1.29 is 127 Å². The maximum absolute atomic E-state index is 16.9. The van der Waals surface area contributed by atoms with Crippen molar-refractivity contribution in [2.24, 2.45) is 0 Å². The van der Waals surface area contributed by atoms with Gasteiger partial charge in [-0.3, -0.25) is 4.90 Å². The molecule has 2 aliphatic rings. The Labute approximate surface area is 409 Å². The average Bonchev–Trinajstić information content (AvgIpc) is 3.37. The largest absolute Gasteiger partial charge is 0.422 e. The van der Waals surface area contributed by atoms with Gasteiger partial charge in [-0.2, -0.15) is 39.5 Å². The molecule has 32 heteroatoms. The Balaban J connectivity index is 1.63. The Morgan fingerprint density at radius 3 is 0.558 bits per heavy atom. The van der Waals surface area contributed by atoms with Crippen LogP contribution in [0.5, 0.6) is 0 Å². The normalized spacial score (nSPS) is 15.2. The van der Waals surface area contributed by atoms with Gasteiger partial charge in [0.2, 0.25) is 0 Å². The zero-order valence-corrected chi connectivity index (χ0v) is 37.0. The molecule has 0 bridgehead atoms. The summed E-state index contributed by atoms with van der Waals surface area (Å²) in [5.41, 5.74) is -31.6. The van der Waals surface area contributed by atoms with Crippen molar-refractivity contribution in [1.82, 2.24) is 0 Å². The number of nitrogens with zero attached hydrogens (tertiary/aromatic N) is 3. The monoisotopic (exact) mass is 1160 g/mol. The van der Waals surface area contributed by atoms with Gasteiger partial charge < -0.3 is 9.80 Å². The summed E-state index contributed by atoms with van der Waals surface area (Å²) in [4.78, 5) is -3.55. The fraction of sp³-hybridized carbons (Fsp3) is 0.333. The van der Waals surface area contributed by atoms with E-state index < -0.39 is 244 Å².